The molecule has 2 fully saturated rings. The smallest absolute Gasteiger partial charge is 0.0957 e. The van der Waals surface area contributed by atoms with Gasteiger partial charge in [0, 0.05) is 0 Å². The van der Waals surface area contributed by atoms with Crippen molar-refractivity contribution in [1.82, 2.24) is 0 Å². The molecule has 5 atom stereocenters. The predicted octanol–water partition coefficient (Wildman–Crippen LogP) is 4.66. The Labute approximate surface area is 135 Å². The minimum absolute atomic E-state index is 0.0238. The number of nitroso groups, excluding NO2 is 1. The van der Waals surface area contributed by atoms with Crippen LogP contribution in [-0.4, -0.2) is 12.6 Å². The average molecular weight is 304 g/mol. The van der Waals surface area contributed by atoms with Gasteiger partial charge in [0.2, 0.25) is 0 Å². The number of hydrogen-bond acceptors (Lipinski definition) is 3. The summed E-state index contributed by atoms with van der Waals surface area (Å²) >= 11 is 0. The molecule has 5 unspecified atom stereocenters. The summed E-state index contributed by atoms with van der Waals surface area (Å²) in [6, 6.07) is 0.0238. The first kappa shape index (κ1) is 16.2. The van der Waals surface area contributed by atoms with E-state index in [4.69, 9.17) is 5.73 Å². The van der Waals surface area contributed by atoms with E-state index in [2.05, 4.69) is 32.0 Å². The molecule has 3 aliphatic rings. The van der Waals surface area contributed by atoms with Gasteiger partial charge in [0.25, 0.3) is 0 Å². The zero-order chi connectivity index (χ0) is 16.0. The highest BCUT2D eigenvalue weighted by Crippen LogP contribution is 2.61. The van der Waals surface area contributed by atoms with Gasteiger partial charge in [-0.3, -0.25) is 0 Å². The fraction of sp³-hybridized carbons (Fsp3) is 0.895. The van der Waals surface area contributed by atoms with Crippen LogP contribution in [0.1, 0.15) is 65.7 Å². The van der Waals surface area contributed by atoms with Crippen LogP contribution in [0.25, 0.3) is 0 Å². The molecule has 0 bridgehead atoms. The van der Waals surface area contributed by atoms with Crippen LogP contribution in [0.15, 0.2) is 16.8 Å². The van der Waals surface area contributed by atoms with Gasteiger partial charge in [0.1, 0.15) is 0 Å². The Morgan fingerprint density at radius 3 is 2.73 bits per heavy atom. The van der Waals surface area contributed by atoms with Gasteiger partial charge in [-0.1, -0.05) is 37.6 Å². The Morgan fingerprint density at radius 1 is 1.27 bits per heavy atom. The standard InChI is InChI=1S/C19H32N2O/c1-18(2)9-7-17-15(16(18)8-11-20)5-4-13-12-14(21-22)6-10-19(13,17)3/h4,14-17H,5-12,20H2,1-3H3. The maximum atomic E-state index is 11.0. The van der Waals surface area contributed by atoms with E-state index in [-0.39, 0.29) is 6.04 Å². The summed E-state index contributed by atoms with van der Waals surface area (Å²) in [5.41, 5.74) is 8.21. The van der Waals surface area contributed by atoms with Gasteiger partial charge in [0.05, 0.1) is 6.04 Å². The van der Waals surface area contributed by atoms with Crippen molar-refractivity contribution in [1.29, 1.82) is 0 Å². The SMILES string of the molecule is CC1(C)CCC2C(CC=C3CC(N=O)CCC32C)C1CCN. The second-order valence-corrected chi connectivity index (χ2v) is 8.87. The van der Waals surface area contributed by atoms with E-state index < -0.39 is 0 Å². The third kappa shape index (κ3) is 2.46. The maximum Gasteiger partial charge on any atom is 0.0957 e. The number of hydrogen-bond donors (Lipinski definition) is 1. The van der Waals surface area contributed by atoms with Crippen LogP contribution in [-0.2, 0) is 0 Å². The van der Waals surface area contributed by atoms with Crippen LogP contribution in [0.4, 0.5) is 0 Å². The summed E-state index contributed by atoms with van der Waals surface area (Å²) < 4.78 is 0. The minimum atomic E-state index is 0.0238. The third-order valence-corrected chi connectivity index (χ3v) is 7.40. The molecule has 3 aliphatic carbocycles. The van der Waals surface area contributed by atoms with Gasteiger partial charge in [-0.05, 0) is 80.1 Å². The molecule has 0 amide bonds. The number of rotatable bonds is 3. The Morgan fingerprint density at radius 2 is 2.05 bits per heavy atom. The molecule has 0 saturated heterocycles. The molecule has 124 valence electrons. The maximum absolute atomic E-state index is 11.0. The summed E-state index contributed by atoms with van der Waals surface area (Å²) in [4.78, 5) is 11.0. The predicted molar refractivity (Wildman–Crippen MR) is 91.4 cm³/mol. The molecule has 0 heterocycles. The van der Waals surface area contributed by atoms with Crippen LogP contribution in [0.3, 0.4) is 0 Å². The van der Waals surface area contributed by atoms with Crippen molar-refractivity contribution in [2.24, 2.45) is 39.5 Å². The topological polar surface area (TPSA) is 55.5 Å². The van der Waals surface area contributed by atoms with Gasteiger partial charge >= 0.3 is 0 Å². The lowest BCUT2D eigenvalue weighted by molar-refractivity contribution is -0.0366. The lowest BCUT2D eigenvalue weighted by atomic mass is 9.47. The molecule has 0 radical (unpaired) electrons. The van der Waals surface area contributed by atoms with Crippen LogP contribution in [0.2, 0.25) is 0 Å². The van der Waals surface area contributed by atoms with E-state index in [0.717, 1.165) is 50.0 Å². The van der Waals surface area contributed by atoms with Gasteiger partial charge < -0.3 is 5.73 Å². The first-order valence-corrected chi connectivity index (χ1v) is 9.14. The van der Waals surface area contributed by atoms with Crippen LogP contribution in [0.5, 0.6) is 0 Å². The van der Waals surface area contributed by atoms with Gasteiger partial charge in [0.15, 0.2) is 0 Å². The molecular formula is C19H32N2O. The largest absolute Gasteiger partial charge is 0.330 e. The van der Waals surface area contributed by atoms with Crippen LogP contribution >= 0.6 is 0 Å². The van der Waals surface area contributed by atoms with E-state index in [9.17, 15) is 4.91 Å². The molecule has 0 aliphatic heterocycles. The minimum Gasteiger partial charge on any atom is -0.330 e. The van der Waals surface area contributed by atoms with Crippen molar-refractivity contribution in [3.63, 3.8) is 0 Å². The zero-order valence-corrected chi connectivity index (χ0v) is 14.5. The molecule has 3 heteroatoms. The lowest BCUT2D eigenvalue weighted by Gasteiger charge is -2.58. The molecule has 3 nitrogen and oxygen atoms in total. The molecule has 0 aromatic rings. The second kappa shape index (κ2) is 5.74. The lowest BCUT2D eigenvalue weighted by Crippen LogP contribution is -2.50. The molecule has 0 aromatic carbocycles. The fourth-order valence-electron chi connectivity index (χ4n) is 6.02. The molecule has 2 N–H and O–H groups in total. The molecule has 22 heavy (non-hydrogen) atoms. The van der Waals surface area contributed by atoms with Crippen molar-refractivity contribution in [2.75, 3.05) is 6.54 Å². The van der Waals surface area contributed by atoms with Gasteiger partial charge in [-0.2, -0.15) is 4.91 Å². The van der Waals surface area contributed by atoms with Crippen molar-refractivity contribution in [3.8, 4) is 0 Å². The summed E-state index contributed by atoms with van der Waals surface area (Å²) in [6.07, 6.45) is 10.5. The molecule has 0 spiro atoms. The molecule has 2 saturated carbocycles. The normalized spacial score (nSPS) is 43.7. The second-order valence-electron chi connectivity index (χ2n) is 8.87. The van der Waals surface area contributed by atoms with Crippen LogP contribution in [0, 0.1) is 33.5 Å². The summed E-state index contributed by atoms with van der Waals surface area (Å²) in [7, 11) is 0. The Hall–Kier alpha value is -0.700. The van der Waals surface area contributed by atoms with E-state index in [1.54, 1.807) is 0 Å². The Bertz CT molecular complexity index is 470. The van der Waals surface area contributed by atoms with Crippen molar-refractivity contribution < 1.29 is 0 Å². The van der Waals surface area contributed by atoms with Crippen molar-refractivity contribution in [2.45, 2.75) is 71.8 Å². The zero-order valence-electron chi connectivity index (χ0n) is 14.5. The highest BCUT2D eigenvalue weighted by molar-refractivity contribution is 5.25. The first-order valence-electron chi connectivity index (χ1n) is 9.14. The van der Waals surface area contributed by atoms with E-state index in [0.29, 0.717) is 10.8 Å². The number of fused-ring (bicyclic) bond motifs is 3. The van der Waals surface area contributed by atoms with Gasteiger partial charge in [-0.25, -0.2) is 0 Å². The number of nitrogens with two attached hydrogens (primary N) is 1. The molecule has 0 aromatic heterocycles. The molecular weight excluding hydrogens is 272 g/mol. The monoisotopic (exact) mass is 304 g/mol. The highest BCUT2D eigenvalue weighted by atomic mass is 16.3. The summed E-state index contributed by atoms with van der Waals surface area (Å²) in [6.45, 7) is 8.16. The average Bonchev–Trinajstić information content (AvgIpc) is 2.49. The summed E-state index contributed by atoms with van der Waals surface area (Å²) in [5.74, 6) is 2.30. The van der Waals surface area contributed by atoms with Gasteiger partial charge in [-0.15, -0.1) is 0 Å². The Kier molecular flexibility index (Phi) is 4.22. The highest BCUT2D eigenvalue weighted by Gasteiger charge is 2.53. The van der Waals surface area contributed by atoms with Crippen LogP contribution < -0.4 is 5.73 Å². The summed E-state index contributed by atoms with van der Waals surface area (Å²) in [5, 5.41) is 3.33. The van der Waals surface area contributed by atoms with Crippen molar-refractivity contribution in [3.05, 3.63) is 16.6 Å². The van der Waals surface area contributed by atoms with Crippen molar-refractivity contribution >= 4 is 0 Å². The molecule has 3 rings (SSSR count). The number of allylic oxidation sites excluding steroid dienone is 1. The quantitative estimate of drug-likeness (QED) is 0.609. The number of nitrogens with zero attached hydrogens (tertiary/aromatic N) is 1. The van der Waals surface area contributed by atoms with E-state index in [1.807, 2.05) is 0 Å². The Balaban J connectivity index is 1.90. The third-order valence-electron chi connectivity index (χ3n) is 7.40. The fourth-order valence-corrected chi connectivity index (χ4v) is 6.02. The first-order chi connectivity index (χ1) is 10.4. The van der Waals surface area contributed by atoms with E-state index >= 15 is 0 Å². The van der Waals surface area contributed by atoms with E-state index in [1.165, 1.54) is 24.8 Å².